The van der Waals surface area contributed by atoms with E-state index in [0.29, 0.717) is 12.1 Å². The van der Waals surface area contributed by atoms with Crippen LogP contribution in [0, 0.1) is 0 Å². The van der Waals surface area contributed by atoms with Gasteiger partial charge in [-0.3, -0.25) is 14.5 Å². The molecule has 4 rings (SSSR count). The summed E-state index contributed by atoms with van der Waals surface area (Å²) in [6, 6.07) is 14.7. The van der Waals surface area contributed by atoms with Crippen molar-refractivity contribution in [1.82, 2.24) is 10.2 Å². The van der Waals surface area contributed by atoms with Crippen LogP contribution in [-0.4, -0.2) is 29.3 Å². The maximum absolute atomic E-state index is 13.1. The summed E-state index contributed by atoms with van der Waals surface area (Å²) < 4.78 is 0. The van der Waals surface area contributed by atoms with Crippen LogP contribution in [0.3, 0.4) is 0 Å². The van der Waals surface area contributed by atoms with Gasteiger partial charge >= 0.3 is 6.03 Å². The van der Waals surface area contributed by atoms with Gasteiger partial charge in [0, 0.05) is 5.69 Å². The van der Waals surface area contributed by atoms with Gasteiger partial charge in [-0.25, -0.2) is 4.79 Å². The molecule has 1 saturated heterocycles. The van der Waals surface area contributed by atoms with Crippen molar-refractivity contribution in [3.8, 4) is 0 Å². The second-order valence-corrected chi connectivity index (χ2v) is 7.67. The minimum Gasteiger partial charge on any atom is -0.324 e. The number of amides is 4. The fourth-order valence-electron chi connectivity index (χ4n) is 4.18. The number of nitrogens with one attached hydrogen (secondary N) is 2. The molecule has 1 aliphatic carbocycles. The van der Waals surface area contributed by atoms with E-state index in [0.717, 1.165) is 28.0 Å². The fourth-order valence-corrected chi connectivity index (χ4v) is 4.18. The van der Waals surface area contributed by atoms with Crippen molar-refractivity contribution >= 4 is 23.5 Å². The fraction of sp³-hybridized carbons (Fsp3) is 0.318. The van der Waals surface area contributed by atoms with Gasteiger partial charge in [0.05, 0.1) is 0 Å². The molecule has 6 nitrogen and oxygen atoms in total. The first-order chi connectivity index (χ1) is 13.4. The van der Waals surface area contributed by atoms with E-state index in [-0.39, 0.29) is 24.3 Å². The number of imide groups is 1. The van der Waals surface area contributed by atoms with Crippen LogP contribution in [0.25, 0.3) is 0 Å². The lowest BCUT2D eigenvalue weighted by atomic mass is 9.92. The summed E-state index contributed by atoms with van der Waals surface area (Å²) in [5.41, 5.74) is 2.57. The molecule has 28 heavy (non-hydrogen) atoms. The van der Waals surface area contributed by atoms with Crippen LogP contribution in [0.2, 0.25) is 0 Å². The Labute approximate surface area is 163 Å². The minimum atomic E-state index is -1.04. The number of carbonyl (C=O) groups excluding carboxylic acids is 3. The molecule has 1 atom stereocenters. The zero-order chi connectivity index (χ0) is 19.9. The molecule has 1 spiro atoms. The number of carbonyl (C=O) groups is 3. The Morgan fingerprint density at radius 3 is 2.64 bits per heavy atom. The van der Waals surface area contributed by atoms with Gasteiger partial charge in [-0.15, -0.1) is 0 Å². The second-order valence-electron chi connectivity index (χ2n) is 7.67. The average Bonchev–Trinajstić information content (AvgIpc) is 3.16. The number of anilines is 1. The van der Waals surface area contributed by atoms with Crippen molar-refractivity contribution in [2.75, 3.05) is 11.9 Å². The Kier molecular flexibility index (Phi) is 4.41. The van der Waals surface area contributed by atoms with Gasteiger partial charge in [0.1, 0.15) is 12.1 Å². The van der Waals surface area contributed by atoms with Crippen LogP contribution in [0.1, 0.15) is 42.9 Å². The lowest BCUT2D eigenvalue weighted by Gasteiger charge is -2.22. The number of aryl methyl sites for hydroxylation is 1. The van der Waals surface area contributed by atoms with E-state index < -0.39 is 11.6 Å². The molecule has 0 aromatic heterocycles. The van der Waals surface area contributed by atoms with Crippen LogP contribution in [0.4, 0.5) is 10.5 Å². The van der Waals surface area contributed by atoms with E-state index in [9.17, 15) is 14.4 Å². The van der Waals surface area contributed by atoms with Crippen LogP contribution in [0.5, 0.6) is 0 Å². The summed E-state index contributed by atoms with van der Waals surface area (Å²) >= 11 is 0. The summed E-state index contributed by atoms with van der Waals surface area (Å²) in [5.74, 6) is -0.499. The monoisotopic (exact) mass is 377 g/mol. The molecule has 144 valence electrons. The number of hydrogen-bond donors (Lipinski definition) is 2. The Bertz CT molecular complexity index is 969. The summed E-state index contributed by atoms with van der Waals surface area (Å²) in [7, 11) is 0. The van der Waals surface area contributed by atoms with Gasteiger partial charge in [0.15, 0.2) is 0 Å². The summed E-state index contributed by atoms with van der Waals surface area (Å²) in [6.07, 6.45) is 1.25. The van der Waals surface area contributed by atoms with Crippen molar-refractivity contribution in [3.05, 3.63) is 65.2 Å². The van der Waals surface area contributed by atoms with E-state index >= 15 is 0 Å². The third kappa shape index (κ3) is 2.85. The van der Waals surface area contributed by atoms with Gasteiger partial charge in [-0.05, 0) is 41.5 Å². The van der Waals surface area contributed by atoms with Gasteiger partial charge in [-0.1, -0.05) is 56.3 Å². The molecule has 4 amide bonds. The SMILES string of the molecule is CC(C)c1ccccc1NC(=O)CN1C(=O)N[C@@]2(CCc3ccccc32)C1=O. The summed E-state index contributed by atoms with van der Waals surface area (Å²) in [6.45, 7) is 3.79. The maximum Gasteiger partial charge on any atom is 0.325 e. The number of rotatable bonds is 4. The average molecular weight is 377 g/mol. The summed E-state index contributed by atoms with van der Waals surface area (Å²) in [4.78, 5) is 39.3. The van der Waals surface area contributed by atoms with E-state index in [1.54, 1.807) is 0 Å². The molecule has 0 unspecified atom stereocenters. The highest BCUT2D eigenvalue weighted by Gasteiger charge is 2.55. The third-order valence-electron chi connectivity index (χ3n) is 5.58. The van der Waals surface area contributed by atoms with Gasteiger partial charge in [-0.2, -0.15) is 0 Å². The van der Waals surface area contributed by atoms with Gasteiger partial charge in [0.25, 0.3) is 5.91 Å². The van der Waals surface area contributed by atoms with E-state index in [4.69, 9.17) is 0 Å². The van der Waals surface area contributed by atoms with Crippen LogP contribution < -0.4 is 10.6 Å². The Morgan fingerprint density at radius 1 is 1.14 bits per heavy atom. The molecule has 1 heterocycles. The maximum atomic E-state index is 13.1. The first kappa shape index (κ1) is 18.2. The Hall–Kier alpha value is -3.15. The standard InChI is InChI=1S/C22H23N3O3/c1-14(2)16-8-4-6-10-18(16)23-19(26)13-25-20(27)22(24-21(25)28)12-11-15-7-3-5-9-17(15)22/h3-10,14H,11-13H2,1-2H3,(H,23,26)(H,24,28)/t22-/m1/s1. The van der Waals surface area contributed by atoms with E-state index in [2.05, 4.69) is 10.6 Å². The molecule has 2 aromatic rings. The summed E-state index contributed by atoms with van der Waals surface area (Å²) in [5, 5.41) is 5.69. The predicted molar refractivity (Wildman–Crippen MR) is 106 cm³/mol. The highest BCUT2D eigenvalue weighted by atomic mass is 16.2. The largest absolute Gasteiger partial charge is 0.325 e. The van der Waals surface area contributed by atoms with Crippen molar-refractivity contribution < 1.29 is 14.4 Å². The predicted octanol–water partition coefficient (Wildman–Crippen LogP) is 3.14. The molecule has 6 heteroatoms. The highest BCUT2D eigenvalue weighted by molar-refractivity contribution is 6.11. The van der Waals surface area contributed by atoms with Gasteiger partial charge < -0.3 is 10.6 Å². The lowest BCUT2D eigenvalue weighted by molar-refractivity contribution is -0.134. The Morgan fingerprint density at radius 2 is 1.86 bits per heavy atom. The van der Waals surface area contributed by atoms with Crippen LogP contribution >= 0.6 is 0 Å². The van der Waals surface area contributed by atoms with E-state index in [1.165, 1.54) is 0 Å². The van der Waals surface area contributed by atoms with Crippen molar-refractivity contribution in [2.24, 2.45) is 0 Å². The third-order valence-corrected chi connectivity index (χ3v) is 5.58. The zero-order valence-electron chi connectivity index (χ0n) is 16.0. The molecule has 2 aromatic carbocycles. The van der Waals surface area contributed by atoms with Crippen molar-refractivity contribution in [3.63, 3.8) is 0 Å². The molecular weight excluding hydrogens is 354 g/mol. The first-order valence-corrected chi connectivity index (χ1v) is 9.53. The first-order valence-electron chi connectivity index (χ1n) is 9.53. The van der Waals surface area contributed by atoms with E-state index in [1.807, 2.05) is 62.4 Å². The topological polar surface area (TPSA) is 78.5 Å². The normalized spacial score (nSPS) is 20.6. The van der Waals surface area contributed by atoms with Crippen molar-refractivity contribution in [1.29, 1.82) is 0 Å². The molecule has 0 bridgehead atoms. The molecular formula is C22H23N3O3. The molecule has 2 aliphatic rings. The zero-order valence-corrected chi connectivity index (χ0v) is 16.0. The second kappa shape index (κ2) is 6.78. The van der Waals surface area contributed by atoms with Crippen LogP contribution in [0.15, 0.2) is 48.5 Å². The quantitative estimate of drug-likeness (QED) is 0.804. The molecule has 1 fully saturated rings. The molecule has 0 saturated carbocycles. The number of hydrogen-bond acceptors (Lipinski definition) is 3. The van der Waals surface area contributed by atoms with Gasteiger partial charge in [0.2, 0.25) is 5.91 Å². The van der Waals surface area contributed by atoms with Crippen LogP contribution in [-0.2, 0) is 21.5 Å². The number of para-hydroxylation sites is 1. The molecule has 1 aliphatic heterocycles. The van der Waals surface area contributed by atoms with Crippen molar-refractivity contribution in [2.45, 2.75) is 38.1 Å². The minimum absolute atomic E-state index is 0.242. The highest BCUT2D eigenvalue weighted by Crippen LogP contribution is 2.41. The molecule has 0 radical (unpaired) electrons. The smallest absolute Gasteiger partial charge is 0.324 e. The number of urea groups is 1. The number of fused-ring (bicyclic) bond motifs is 2. The Balaban J connectivity index is 1.53. The molecule has 2 N–H and O–H groups in total. The lowest BCUT2D eigenvalue weighted by Crippen LogP contribution is -2.43. The number of benzene rings is 2. The number of nitrogens with zero attached hydrogens (tertiary/aromatic N) is 1.